The lowest BCUT2D eigenvalue weighted by Crippen LogP contribution is -2.27. The van der Waals surface area contributed by atoms with Crippen molar-refractivity contribution in [1.82, 2.24) is 15.3 Å². The number of carbonyl (C=O) groups excluding carboxylic acids is 2. The molecule has 2 amide bonds. The third-order valence-corrected chi connectivity index (χ3v) is 3.62. The number of ether oxygens (including phenoxy) is 1. The van der Waals surface area contributed by atoms with Gasteiger partial charge in [0.15, 0.2) is 6.61 Å². The number of nitrogens with zero attached hydrogens (tertiary/aromatic N) is 2. The molecule has 7 nitrogen and oxygen atoms in total. The van der Waals surface area contributed by atoms with E-state index in [1.807, 2.05) is 0 Å². The minimum atomic E-state index is -4.46. The Balaban J connectivity index is 2.06. The summed E-state index contributed by atoms with van der Waals surface area (Å²) in [4.78, 5) is 31.4. The number of pyridine rings is 2. The first kappa shape index (κ1) is 21.1. The Morgan fingerprint density at radius 2 is 1.96 bits per heavy atom. The standard InChI is InChI=1S/C18H19F3N4O3/c1-10-6-14(23-8-15(10)28-9-18(19,20)21)17(27)24-11(2)13-4-5-22-16(7-13)25-12(3)26/h4-8,11H,9H2,1-3H3,(H,24,27)(H,22,25,26). The van der Waals surface area contributed by atoms with Crippen LogP contribution >= 0.6 is 0 Å². The van der Waals surface area contributed by atoms with Crippen molar-refractivity contribution in [3.63, 3.8) is 0 Å². The largest absolute Gasteiger partial charge is 0.482 e. The molecule has 0 aromatic carbocycles. The van der Waals surface area contributed by atoms with Gasteiger partial charge in [0, 0.05) is 13.1 Å². The molecule has 0 aliphatic carbocycles. The van der Waals surface area contributed by atoms with E-state index in [2.05, 4.69) is 25.3 Å². The summed E-state index contributed by atoms with van der Waals surface area (Å²) in [6.07, 6.45) is -1.88. The van der Waals surface area contributed by atoms with E-state index in [0.29, 0.717) is 16.9 Å². The van der Waals surface area contributed by atoms with Crippen molar-refractivity contribution >= 4 is 17.6 Å². The molecule has 2 N–H and O–H groups in total. The molecular formula is C18H19F3N4O3. The van der Waals surface area contributed by atoms with Gasteiger partial charge in [-0.1, -0.05) is 0 Å². The summed E-state index contributed by atoms with van der Waals surface area (Å²) in [5.74, 6) is -0.466. The Morgan fingerprint density at radius 1 is 1.25 bits per heavy atom. The maximum atomic E-state index is 12.4. The number of aryl methyl sites for hydroxylation is 1. The van der Waals surface area contributed by atoms with Gasteiger partial charge in [-0.2, -0.15) is 13.2 Å². The molecule has 0 radical (unpaired) electrons. The first-order valence-electron chi connectivity index (χ1n) is 8.26. The summed E-state index contributed by atoms with van der Waals surface area (Å²) in [6.45, 7) is 3.18. The van der Waals surface area contributed by atoms with Crippen LogP contribution in [0.4, 0.5) is 19.0 Å². The quantitative estimate of drug-likeness (QED) is 0.782. The molecule has 0 aliphatic heterocycles. The van der Waals surface area contributed by atoms with E-state index in [-0.39, 0.29) is 17.4 Å². The van der Waals surface area contributed by atoms with Crippen molar-refractivity contribution in [3.05, 3.63) is 47.4 Å². The molecule has 28 heavy (non-hydrogen) atoms. The van der Waals surface area contributed by atoms with Gasteiger partial charge >= 0.3 is 6.18 Å². The zero-order chi connectivity index (χ0) is 20.9. The highest BCUT2D eigenvalue weighted by Crippen LogP contribution is 2.22. The van der Waals surface area contributed by atoms with Gasteiger partial charge in [0.1, 0.15) is 17.3 Å². The molecule has 0 bridgehead atoms. The highest BCUT2D eigenvalue weighted by molar-refractivity contribution is 5.93. The average molecular weight is 396 g/mol. The summed E-state index contributed by atoms with van der Waals surface area (Å²) >= 11 is 0. The predicted octanol–water partition coefficient (Wildman–Crippen LogP) is 3.18. The third-order valence-electron chi connectivity index (χ3n) is 3.62. The van der Waals surface area contributed by atoms with Crippen molar-refractivity contribution in [2.45, 2.75) is 33.0 Å². The Kier molecular flexibility index (Phi) is 6.55. The van der Waals surface area contributed by atoms with Crippen molar-refractivity contribution in [2.24, 2.45) is 0 Å². The average Bonchev–Trinajstić information content (AvgIpc) is 2.59. The maximum Gasteiger partial charge on any atom is 0.422 e. The molecule has 2 aromatic heterocycles. The van der Waals surface area contributed by atoms with Gasteiger partial charge in [-0.25, -0.2) is 9.97 Å². The van der Waals surface area contributed by atoms with E-state index < -0.39 is 24.7 Å². The Bertz CT molecular complexity index is 871. The zero-order valence-corrected chi connectivity index (χ0v) is 15.4. The smallest absolute Gasteiger partial charge is 0.422 e. The third kappa shape index (κ3) is 6.22. The maximum absolute atomic E-state index is 12.4. The van der Waals surface area contributed by atoms with Crippen LogP contribution in [-0.4, -0.2) is 34.6 Å². The van der Waals surface area contributed by atoms with Crippen molar-refractivity contribution in [1.29, 1.82) is 0 Å². The van der Waals surface area contributed by atoms with Crippen LogP contribution in [0.15, 0.2) is 30.6 Å². The van der Waals surface area contributed by atoms with E-state index in [9.17, 15) is 22.8 Å². The number of rotatable bonds is 6. The van der Waals surface area contributed by atoms with Crippen LogP contribution in [-0.2, 0) is 4.79 Å². The van der Waals surface area contributed by atoms with E-state index in [1.54, 1.807) is 19.1 Å². The van der Waals surface area contributed by atoms with Gasteiger partial charge in [0.25, 0.3) is 5.91 Å². The fourth-order valence-electron chi connectivity index (χ4n) is 2.30. The molecule has 2 aromatic rings. The number of nitrogens with one attached hydrogen (secondary N) is 2. The molecule has 2 rings (SSSR count). The van der Waals surface area contributed by atoms with Gasteiger partial charge < -0.3 is 15.4 Å². The highest BCUT2D eigenvalue weighted by Gasteiger charge is 2.28. The number of aromatic nitrogens is 2. The Labute approximate surface area is 159 Å². The molecule has 1 atom stereocenters. The summed E-state index contributed by atoms with van der Waals surface area (Å²) in [7, 11) is 0. The van der Waals surface area contributed by atoms with Gasteiger partial charge in [-0.05, 0) is 43.2 Å². The summed E-state index contributed by atoms with van der Waals surface area (Å²) in [5.41, 5.74) is 1.10. The van der Waals surface area contributed by atoms with Gasteiger partial charge in [0.05, 0.1) is 12.2 Å². The number of amides is 2. The Morgan fingerprint density at radius 3 is 2.57 bits per heavy atom. The van der Waals surface area contributed by atoms with E-state index in [0.717, 1.165) is 6.20 Å². The van der Waals surface area contributed by atoms with Crippen LogP contribution in [0.25, 0.3) is 0 Å². The normalized spacial score (nSPS) is 12.2. The minimum absolute atomic E-state index is 0.0415. The lowest BCUT2D eigenvalue weighted by Gasteiger charge is -2.16. The zero-order valence-electron chi connectivity index (χ0n) is 15.4. The van der Waals surface area contributed by atoms with Gasteiger partial charge in [-0.3, -0.25) is 9.59 Å². The number of carbonyl (C=O) groups is 2. The van der Waals surface area contributed by atoms with Crippen LogP contribution < -0.4 is 15.4 Å². The number of hydrogen-bond acceptors (Lipinski definition) is 5. The summed E-state index contributed by atoms with van der Waals surface area (Å²) < 4.78 is 41.4. The Hall–Kier alpha value is -3.17. The van der Waals surface area contributed by atoms with E-state index in [1.165, 1.54) is 26.1 Å². The molecule has 0 fully saturated rings. The molecule has 150 valence electrons. The molecular weight excluding hydrogens is 377 g/mol. The van der Waals surface area contributed by atoms with Crippen molar-refractivity contribution < 1.29 is 27.5 Å². The van der Waals surface area contributed by atoms with Crippen LogP contribution in [0.1, 0.15) is 41.5 Å². The summed E-state index contributed by atoms with van der Waals surface area (Å²) in [5, 5.41) is 5.29. The van der Waals surface area contributed by atoms with Gasteiger partial charge in [-0.15, -0.1) is 0 Å². The van der Waals surface area contributed by atoms with Crippen LogP contribution in [0.2, 0.25) is 0 Å². The molecule has 0 spiro atoms. The van der Waals surface area contributed by atoms with Crippen molar-refractivity contribution in [3.8, 4) is 5.75 Å². The second kappa shape index (κ2) is 8.68. The fraction of sp³-hybridized carbons (Fsp3) is 0.333. The summed E-state index contributed by atoms with van der Waals surface area (Å²) in [6, 6.07) is 4.23. The first-order valence-corrected chi connectivity index (χ1v) is 8.26. The molecule has 0 saturated heterocycles. The second-order valence-electron chi connectivity index (χ2n) is 6.09. The SMILES string of the molecule is CC(=O)Nc1cc(C(C)NC(=O)c2cc(C)c(OCC(F)(F)F)cn2)ccn1. The number of halogens is 3. The lowest BCUT2D eigenvalue weighted by atomic mass is 10.1. The highest BCUT2D eigenvalue weighted by atomic mass is 19.4. The molecule has 10 heteroatoms. The molecule has 1 unspecified atom stereocenters. The lowest BCUT2D eigenvalue weighted by molar-refractivity contribution is -0.153. The van der Waals surface area contributed by atoms with Crippen LogP contribution in [0, 0.1) is 6.92 Å². The number of alkyl halides is 3. The first-order chi connectivity index (χ1) is 13.0. The van der Waals surface area contributed by atoms with Crippen LogP contribution in [0.3, 0.4) is 0 Å². The van der Waals surface area contributed by atoms with E-state index in [4.69, 9.17) is 0 Å². The fourth-order valence-corrected chi connectivity index (χ4v) is 2.30. The van der Waals surface area contributed by atoms with Gasteiger partial charge in [0.2, 0.25) is 5.91 Å². The minimum Gasteiger partial charge on any atom is -0.482 e. The second-order valence-corrected chi connectivity index (χ2v) is 6.09. The topological polar surface area (TPSA) is 93.2 Å². The number of anilines is 1. The number of hydrogen-bond donors (Lipinski definition) is 2. The van der Waals surface area contributed by atoms with E-state index >= 15 is 0 Å². The monoisotopic (exact) mass is 396 g/mol. The molecule has 0 aliphatic rings. The molecule has 2 heterocycles. The van der Waals surface area contributed by atoms with Crippen LogP contribution in [0.5, 0.6) is 5.75 Å². The van der Waals surface area contributed by atoms with Crippen molar-refractivity contribution in [2.75, 3.05) is 11.9 Å². The molecule has 0 saturated carbocycles. The predicted molar refractivity (Wildman–Crippen MR) is 94.9 cm³/mol.